The van der Waals surface area contributed by atoms with Crippen molar-refractivity contribution in [1.82, 2.24) is 45.0 Å². The van der Waals surface area contributed by atoms with Gasteiger partial charge in [0.1, 0.15) is 46.7 Å². The SMILES string of the molecule is Cc1ncsc1-c1ccc(CNC(=O)[C@@H]2C[C@@H](O)CN2C(=O)[C@@H](NC(=O)CCCCCCC(=O)N2CCC(Nc3cccc(C(=O)Nc4cnn5ccc(N6CCC[C@@H]6c6cc(F)ccc6F)nc45)n3)CC2)C(C)(C)C)cc1. The van der Waals surface area contributed by atoms with E-state index in [4.69, 9.17) is 4.98 Å². The summed E-state index contributed by atoms with van der Waals surface area (Å²) in [6, 6.07) is 16.1. The molecule has 3 fully saturated rings. The number of carbonyl (C=O) groups excluding carboxylic acids is 5. The first-order chi connectivity index (χ1) is 37.5. The molecule has 0 saturated carbocycles. The second-order valence-corrected chi connectivity index (χ2v) is 22.5. The molecule has 3 saturated heterocycles. The first kappa shape index (κ1) is 55.4. The largest absolute Gasteiger partial charge is 0.391 e. The maximum absolute atomic E-state index is 14.8. The molecule has 9 rings (SSSR count). The number of carbonyl (C=O) groups is 5. The average Bonchev–Trinajstić information content (AvgIpc) is 4.30. The van der Waals surface area contributed by atoms with E-state index in [1.807, 2.05) is 67.3 Å². The van der Waals surface area contributed by atoms with Gasteiger partial charge in [0.05, 0.1) is 34.4 Å². The lowest BCUT2D eigenvalue weighted by atomic mass is 9.85. The summed E-state index contributed by atoms with van der Waals surface area (Å²) in [5.41, 5.74) is 5.25. The van der Waals surface area contributed by atoms with Gasteiger partial charge in [0.25, 0.3) is 5.91 Å². The maximum atomic E-state index is 14.8. The van der Waals surface area contributed by atoms with Crippen LogP contribution >= 0.6 is 11.3 Å². The summed E-state index contributed by atoms with van der Waals surface area (Å²) in [6.45, 7) is 9.56. The van der Waals surface area contributed by atoms with E-state index in [-0.39, 0.29) is 61.0 Å². The molecule has 78 heavy (non-hydrogen) atoms. The van der Waals surface area contributed by atoms with Gasteiger partial charge < -0.3 is 41.1 Å². The number of benzene rings is 2. The van der Waals surface area contributed by atoms with E-state index in [2.05, 4.69) is 36.3 Å². The number of rotatable bonds is 19. The number of aromatic nitrogens is 5. The number of likely N-dealkylation sites (tertiary alicyclic amines) is 2. The molecule has 5 amide bonds. The minimum Gasteiger partial charge on any atom is -0.391 e. The number of aliphatic hydroxyl groups excluding tert-OH is 1. The van der Waals surface area contributed by atoms with Crippen LogP contribution < -0.4 is 26.2 Å². The minimum absolute atomic E-state index is 0.00588. The summed E-state index contributed by atoms with van der Waals surface area (Å²) in [5, 5.41) is 27.2. The molecule has 0 spiro atoms. The molecular weight excluding hydrogens is 1020 g/mol. The Hall–Kier alpha value is -7.39. The standard InChI is InChI=1S/C57H68F2N12O6S/c1-35-51(78-34-61-35)37-18-16-36(17-19-37)31-60-55(76)46-30-40(72)33-70(46)56(77)52(57(2,3)4)67-49(73)14-7-5-6-8-15-50(74)68-26-22-39(23-27-68)63-47-13-9-11-43(64-47)54(75)65-44-32-62-71-28-24-48(66-53(44)71)69-25-10-12-45(69)41-29-38(58)20-21-42(41)59/h9,11,13,16-21,24,28-29,32,34,39-40,45-46,52,72H,5-8,10,12,14-15,22-23,25-27,30-31,33H2,1-4H3,(H,60,76)(H,63,64)(H,65,75)(H,67,73)/t40-,45-,46+,52-/m1/s1. The third-order valence-electron chi connectivity index (χ3n) is 14.9. The number of hydrogen-bond donors (Lipinski definition) is 5. The van der Waals surface area contributed by atoms with E-state index in [0.29, 0.717) is 81.1 Å². The number of piperidine rings is 1. The van der Waals surface area contributed by atoms with Gasteiger partial charge in [-0.1, -0.05) is 63.9 Å². The van der Waals surface area contributed by atoms with Gasteiger partial charge >= 0.3 is 0 Å². The highest BCUT2D eigenvalue weighted by Crippen LogP contribution is 2.37. The zero-order valence-electron chi connectivity index (χ0n) is 44.5. The van der Waals surface area contributed by atoms with Crippen molar-refractivity contribution in [2.75, 3.05) is 41.7 Å². The summed E-state index contributed by atoms with van der Waals surface area (Å²) in [4.78, 5) is 87.6. The summed E-state index contributed by atoms with van der Waals surface area (Å²) in [5.74, 6) is -1.31. The Morgan fingerprint density at radius 2 is 1.67 bits per heavy atom. The molecule has 5 N–H and O–H groups in total. The molecule has 18 nitrogen and oxygen atoms in total. The van der Waals surface area contributed by atoms with Gasteiger partial charge in [0.15, 0.2) is 5.65 Å². The Morgan fingerprint density at radius 3 is 2.41 bits per heavy atom. The molecule has 7 heterocycles. The number of thiazole rings is 1. The molecule has 3 aliphatic rings. The summed E-state index contributed by atoms with van der Waals surface area (Å²) in [6.07, 6.45) is 8.64. The highest BCUT2D eigenvalue weighted by Gasteiger charge is 2.44. The fraction of sp³-hybridized carbons (Fsp3) is 0.456. The molecule has 3 aliphatic heterocycles. The number of aliphatic hydroxyl groups is 1. The normalized spacial score (nSPS) is 18.3. The van der Waals surface area contributed by atoms with Gasteiger partial charge in [-0.15, -0.1) is 11.3 Å². The number of β-amino-alcohol motifs (C(OH)–C–C–N with tert-alkyl or cyclic N) is 1. The Morgan fingerprint density at radius 1 is 0.897 bits per heavy atom. The molecule has 412 valence electrons. The van der Waals surface area contributed by atoms with Crippen molar-refractivity contribution in [2.45, 2.75) is 135 Å². The van der Waals surface area contributed by atoms with Crippen molar-refractivity contribution < 1.29 is 37.9 Å². The van der Waals surface area contributed by atoms with Crippen LogP contribution in [0.25, 0.3) is 16.1 Å². The molecule has 0 unspecified atom stereocenters. The van der Waals surface area contributed by atoms with Crippen molar-refractivity contribution in [2.24, 2.45) is 5.41 Å². The maximum Gasteiger partial charge on any atom is 0.274 e. The lowest BCUT2D eigenvalue weighted by molar-refractivity contribution is -0.144. The number of nitrogens with zero attached hydrogens (tertiary/aromatic N) is 8. The predicted molar refractivity (Wildman–Crippen MR) is 293 cm³/mol. The number of amides is 5. The van der Waals surface area contributed by atoms with Crippen LogP contribution in [-0.2, 0) is 25.7 Å². The number of anilines is 3. The van der Waals surface area contributed by atoms with Gasteiger partial charge in [0, 0.05) is 69.8 Å². The van der Waals surface area contributed by atoms with Crippen molar-refractivity contribution in [1.29, 1.82) is 0 Å². The van der Waals surface area contributed by atoms with Crippen molar-refractivity contribution in [3.8, 4) is 10.4 Å². The predicted octanol–water partition coefficient (Wildman–Crippen LogP) is 7.98. The number of nitrogens with one attached hydrogen (secondary N) is 4. The van der Waals surface area contributed by atoms with Crippen LogP contribution in [0.5, 0.6) is 0 Å². The first-order valence-electron chi connectivity index (χ1n) is 26.9. The molecule has 21 heteroatoms. The van der Waals surface area contributed by atoms with E-state index in [9.17, 15) is 37.9 Å². The van der Waals surface area contributed by atoms with Crippen LogP contribution in [-0.4, -0.2) is 119 Å². The third-order valence-corrected chi connectivity index (χ3v) is 15.9. The fourth-order valence-corrected chi connectivity index (χ4v) is 11.5. The lowest BCUT2D eigenvalue weighted by Gasteiger charge is -2.35. The number of hydrogen-bond acceptors (Lipinski definition) is 13. The van der Waals surface area contributed by atoms with Crippen LogP contribution in [0.1, 0.15) is 125 Å². The molecule has 0 aliphatic carbocycles. The topological polar surface area (TPSA) is 219 Å². The molecule has 4 aromatic heterocycles. The zero-order valence-corrected chi connectivity index (χ0v) is 45.3. The molecular formula is C57H68F2N12O6S. The zero-order chi connectivity index (χ0) is 55.1. The Labute approximate surface area is 456 Å². The summed E-state index contributed by atoms with van der Waals surface area (Å²) in [7, 11) is 0. The molecule has 0 bridgehead atoms. The van der Waals surface area contributed by atoms with Gasteiger partial charge in [-0.3, -0.25) is 24.0 Å². The smallest absolute Gasteiger partial charge is 0.274 e. The number of pyridine rings is 1. The van der Waals surface area contributed by atoms with E-state index >= 15 is 0 Å². The Balaban J connectivity index is 0.677. The van der Waals surface area contributed by atoms with Gasteiger partial charge in [-0.25, -0.2) is 28.2 Å². The first-order valence-corrected chi connectivity index (χ1v) is 27.8. The van der Waals surface area contributed by atoms with Crippen LogP contribution in [0.3, 0.4) is 0 Å². The van der Waals surface area contributed by atoms with Gasteiger partial charge in [-0.2, -0.15) is 5.10 Å². The van der Waals surface area contributed by atoms with E-state index < -0.39 is 53.1 Å². The fourth-order valence-electron chi connectivity index (χ4n) is 10.6. The second kappa shape index (κ2) is 24.5. The number of aryl methyl sites for hydroxylation is 1. The van der Waals surface area contributed by atoms with E-state index in [1.54, 1.807) is 41.8 Å². The van der Waals surface area contributed by atoms with Crippen LogP contribution in [0.2, 0.25) is 0 Å². The van der Waals surface area contributed by atoms with Crippen LogP contribution in [0, 0.1) is 24.0 Å². The summed E-state index contributed by atoms with van der Waals surface area (Å²) >= 11 is 1.57. The molecule has 4 atom stereocenters. The Bertz CT molecular complexity index is 3120. The number of fused-ring (bicyclic) bond motifs is 1. The highest BCUT2D eigenvalue weighted by atomic mass is 32.1. The minimum atomic E-state index is -0.913. The van der Waals surface area contributed by atoms with Gasteiger partial charge in [-0.05, 0) is 98.4 Å². The van der Waals surface area contributed by atoms with Crippen molar-refractivity contribution in [3.63, 3.8) is 0 Å². The second-order valence-electron chi connectivity index (χ2n) is 21.6. The van der Waals surface area contributed by atoms with Crippen molar-refractivity contribution in [3.05, 3.63) is 119 Å². The monoisotopic (exact) mass is 1090 g/mol. The summed E-state index contributed by atoms with van der Waals surface area (Å²) < 4.78 is 30.5. The van der Waals surface area contributed by atoms with Crippen LogP contribution in [0.4, 0.5) is 26.1 Å². The molecule has 6 aromatic rings. The Kier molecular flexibility index (Phi) is 17.4. The van der Waals surface area contributed by atoms with Crippen molar-refractivity contribution >= 4 is 63.8 Å². The highest BCUT2D eigenvalue weighted by molar-refractivity contribution is 7.13. The third kappa shape index (κ3) is 13.3. The van der Waals surface area contributed by atoms with E-state index in [0.717, 1.165) is 53.1 Å². The van der Waals surface area contributed by atoms with E-state index in [1.165, 1.54) is 21.7 Å². The average molecular weight is 1090 g/mol. The number of unbranched alkanes of at least 4 members (excludes halogenated alkanes) is 3. The van der Waals surface area contributed by atoms with Crippen LogP contribution in [0.15, 0.2) is 84.6 Å². The number of halogens is 2. The molecule has 2 aromatic carbocycles. The lowest BCUT2D eigenvalue weighted by Crippen LogP contribution is -2.57. The quantitative estimate of drug-likeness (QED) is 0.0488. The van der Waals surface area contributed by atoms with Gasteiger partial charge in [0.2, 0.25) is 23.6 Å². The molecule has 0 radical (unpaired) electrons.